The number of hydrogen-bond acceptors (Lipinski definition) is 3. The number of carbonyl (C=O) groups excluding carboxylic acids is 1. The highest BCUT2D eigenvalue weighted by atomic mass is 16.6. The van der Waals surface area contributed by atoms with Gasteiger partial charge >= 0.3 is 5.97 Å². The number of aryl methyl sites for hydroxylation is 1. The summed E-state index contributed by atoms with van der Waals surface area (Å²) in [5.74, 6) is 1.99. The summed E-state index contributed by atoms with van der Waals surface area (Å²) < 4.78 is 11.3. The standard InChI is InChI=1S/C23H33NO3/c1-15-6-4-10-23(3)13-21-18(12-20(15)23)19(22(25)27-21)14-24-16(2)8-9-17-7-5-11-26-17/h5,7,11-12,15-16,18-19,21,24H,4,6,8-10,13-14H2,1-3H3/p+1/t15-,16-,18+,19-,21+,23+/m0/s1. The molecule has 27 heavy (non-hydrogen) atoms. The smallest absolute Gasteiger partial charge is 0.315 e. The van der Waals surface area contributed by atoms with Gasteiger partial charge in [0.1, 0.15) is 17.8 Å². The van der Waals surface area contributed by atoms with Crippen molar-refractivity contribution in [2.24, 2.45) is 23.2 Å². The highest BCUT2D eigenvalue weighted by Crippen LogP contribution is 2.53. The van der Waals surface area contributed by atoms with Crippen LogP contribution in [0.15, 0.2) is 34.5 Å². The van der Waals surface area contributed by atoms with E-state index in [0.717, 1.165) is 31.6 Å². The zero-order chi connectivity index (χ0) is 19.0. The Morgan fingerprint density at radius 3 is 3.04 bits per heavy atom. The van der Waals surface area contributed by atoms with E-state index in [2.05, 4.69) is 32.2 Å². The van der Waals surface area contributed by atoms with E-state index in [1.54, 1.807) is 11.8 Å². The van der Waals surface area contributed by atoms with Gasteiger partial charge in [0.15, 0.2) is 0 Å². The molecule has 0 radical (unpaired) electrons. The number of furan rings is 1. The average Bonchev–Trinajstić information content (AvgIpc) is 3.23. The molecule has 0 amide bonds. The molecule has 1 aromatic heterocycles. The Morgan fingerprint density at radius 1 is 1.41 bits per heavy atom. The summed E-state index contributed by atoms with van der Waals surface area (Å²) in [5, 5.41) is 2.33. The zero-order valence-corrected chi connectivity index (χ0v) is 16.9. The number of carbonyl (C=O) groups is 1. The van der Waals surface area contributed by atoms with Crippen LogP contribution in [0.25, 0.3) is 0 Å². The van der Waals surface area contributed by atoms with Gasteiger partial charge in [-0.3, -0.25) is 4.79 Å². The minimum Gasteiger partial charge on any atom is -0.469 e. The van der Waals surface area contributed by atoms with Gasteiger partial charge in [-0.25, -0.2) is 0 Å². The fourth-order valence-corrected chi connectivity index (χ4v) is 5.64. The van der Waals surface area contributed by atoms with Crippen molar-refractivity contribution in [3.63, 3.8) is 0 Å². The summed E-state index contributed by atoms with van der Waals surface area (Å²) in [6.45, 7) is 7.81. The summed E-state index contributed by atoms with van der Waals surface area (Å²) in [6.07, 6.45) is 11.1. The molecule has 0 aromatic carbocycles. The Morgan fingerprint density at radius 2 is 2.26 bits per heavy atom. The number of ether oxygens (including phenoxy) is 1. The molecule has 1 aromatic rings. The molecule has 2 heterocycles. The highest BCUT2D eigenvalue weighted by Gasteiger charge is 2.52. The lowest BCUT2D eigenvalue weighted by Crippen LogP contribution is -2.90. The molecule has 1 aliphatic heterocycles. The van der Waals surface area contributed by atoms with Crippen LogP contribution in [0.5, 0.6) is 0 Å². The summed E-state index contributed by atoms with van der Waals surface area (Å²) >= 11 is 0. The van der Waals surface area contributed by atoms with E-state index in [4.69, 9.17) is 9.15 Å². The van der Waals surface area contributed by atoms with Gasteiger partial charge < -0.3 is 14.5 Å². The molecule has 2 N–H and O–H groups in total. The Bertz CT molecular complexity index is 694. The van der Waals surface area contributed by atoms with Gasteiger partial charge in [-0.05, 0) is 49.7 Å². The van der Waals surface area contributed by atoms with Gasteiger partial charge in [0.25, 0.3) is 0 Å². The molecule has 2 fully saturated rings. The van der Waals surface area contributed by atoms with Crippen molar-refractivity contribution in [3.8, 4) is 0 Å². The van der Waals surface area contributed by atoms with E-state index in [1.807, 2.05) is 12.1 Å². The van der Waals surface area contributed by atoms with E-state index >= 15 is 0 Å². The molecular formula is C23H34NO3+. The van der Waals surface area contributed by atoms with Crippen LogP contribution in [0.4, 0.5) is 0 Å². The fraction of sp³-hybridized carbons (Fsp3) is 0.696. The lowest BCUT2D eigenvalue weighted by Gasteiger charge is -2.45. The van der Waals surface area contributed by atoms with Crippen LogP contribution in [0, 0.1) is 23.2 Å². The van der Waals surface area contributed by atoms with E-state index in [0.29, 0.717) is 12.0 Å². The second-order valence-electron chi connectivity index (χ2n) is 9.41. The van der Waals surface area contributed by atoms with Crippen LogP contribution >= 0.6 is 0 Å². The first-order valence-electron chi connectivity index (χ1n) is 10.7. The van der Waals surface area contributed by atoms with Crippen LogP contribution in [0.1, 0.15) is 58.6 Å². The number of allylic oxidation sites excluding steroid dienone is 1. The average molecular weight is 373 g/mol. The summed E-state index contributed by atoms with van der Waals surface area (Å²) in [4.78, 5) is 12.6. The first-order valence-corrected chi connectivity index (χ1v) is 10.7. The molecule has 0 bridgehead atoms. The normalized spacial score (nSPS) is 36.6. The van der Waals surface area contributed by atoms with Crippen molar-refractivity contribution >= 4 is 5.97 Å². The van der Waals surface area contributed by atoms with E-state index in [9.17, 15) is 4.79 Å². The molecule has 2 aliphatic carbocycles. The van der Waals surface area contributed by atoms with E-state index in [-0.39, 0.29) is 29.3 Å². The van der Waals surface area contributed by atoms with Crippen molar-refractivity contribution < 1.29 is 19.3 Å². The van der Waals surface area contributed by atoms with Crippen LogP contribution in [0.2, 0.25) is 0 Å². The largest absolute Gasteiger partial charge is 0.469 e. The van der Waals surface area contributed by atoms with Gasteiger partial charge in [0.05, 0.1) is 18.8 Å². The summed E-state index contributed by atoms with van der Waals surface area (Å²) in [7, 11) is 0. The lowest BCUT2D eigenvalue weighted by atomic mass is 9.59. The summed E-state index contributed by atoms with van der Waals surface area (Å²) in [6, 6.07) is 4.44. The van der Waals surface area contributed by atoms with Crippen molar-refractivity contribution in [2.45, 2.75) is 71.4 Å². The minimum atomic E-state index is 0.00670. The van der Waals surface area contributed by atoms with Crippen molar-refractivity contribution in [2.75, 3.05) is 6.54 Å². The van der Waals surface area contributed by atoms with Gasteiger partial charge in [0.2, 0.25) is 0 Å². The van der Waals surface area contributed by atoms with Crippen LogP contribution in [-0.2, 0) is 16.0 Å². The molecule has 1 saturated carbocycles. The number of nitrogens with two attached hydrogens (primary N) is 1. The third-order valence-electron chi connectivity index (χ3n) is 7.30. The third-order valence-corrected chi connectivity index (χ3v) is 7.30. The molecule has 4 nitrogen and oxygen atoms in total. The Kier molecular flexibility index (Phi) is 5.19. The highest BCUT2D eigenvalue weighted by molar-refractivity contribution is 5.76. The van der Waals surface area contributed by atoms with E-state index < -0.39 is 0 Å². The molecule has 6 atom stereocenters. The maximum Gasteiger partial charge on any atom is 0.315 e. The predicted molar refractivity (Wildman–Crippen MR) is 104 cm³/mol. The summed E-state index contributed by atoms with van der Waals surface area (Å²) in [5.41, 5.74) is 1.85. The second kappa shape index (κ2) is 7.46. The molecule has 3 aliphatic rings. The Labute approximate surface area is 162 Å². The number of quaternary nitrogens is 1. The van der Waals surface area contributed by atoms with Gasteiger partial charge in [-0.15, -0.1) is 0 Å². The van der Waals surface area contributed by atoms with Crippen LogP contribution in [-0.4, -0.2) is 24.7 Å². The molecule has 4 rings (SSSR count). The zero-order valence-electron chi connectivity index (χ0n) is 16.9. The molecule has 4 heteroatoms. The molecule has 0 unspecified atom stereocenters. The number of fused-ring (bicyclic) bond motifs is 2. The van der Waals surface area contributed by atoms with E-state index in [1.165, 1.54) is 19.3 Å². The Hall–Kier alpha value is -1.55. The SMILES string of the molecule is C[C@@H](CCc1ccco1)[NH2+]C[C@@H]1C(=O)O[C@@H]2C[C@@]3(C)CCC[C@H](C)C3=C[C@H]12. The fourth-order valence-electron chi connectivity index (χ4n) is 5.64. The van der Waals surface area contributed by atoms with Crippen molar-refractivity contribution in [3.05, 3.63) is 35.8 Å². The number of hydrogen-bond donors (Lipinski definition) is 1. The molecule has 0 spiro atoms. The minimum absolute atomic E-state index is 0.00670. The van der Waals surface area contributed by atoms with Gasteiger partial charge in [0, 0.05) is 18.8 Å². The van der Waals surface area contributed by atoms with Gasteiger partial charge in [-0.1, -0.05) is 31.9 Å². The Balaban J connectivity index is 1.39. The molecular weight excluding hydrogens is 338 g/mol. The monoisotopic (exact) mass is 372 g/mol. The van der Waals surface area contributed by atoms with Crippen LogP contribution < -0.4 is 5.32 Å². The number of esters is 1. The first-order chi connectivity index (χ1) is 13.0. The third kappa shape index (κ3) is 3.73. The predicted octanol–water partition coefficient (Wildman–Crippen LogP) is 3.48. The quantitative estimate of drug-likeness (QED) is 0.614. The van der Waals surface area contributed by atoms with Gasteiger partial charge in [-0.2, -0.15) is 0 Å². The second-order valence-corrected chi connectivity index (χ2v) is 9.41. The number of rotatable bonds is 6. The van der Waals surface area contributed by atoms with Crippen molar-refractivity contribution in [1.82, 2.24) is 0 Å². The topological polar surface area (TPSA) is 56.0 Å². The lowest BCUT2D eigenvalue weighted by molar-refractivity contribution is -0.690. The molecule has 1 saturated heterocycles. The van der Waals surface area contributed by atoms with Crippen molar-refractivity contribution in [1.29, 1.82) is 0 Å². The van der Waals surface area contributed by atoms with Crippen LogP contribution in [0.3, 0.4) is 0 Å². The first kappa shape index (κ1) is 18.8. The molecule has 148 valence electrons. The maximum absolute atomic E-state index is 12.6. The maximum atomic E-state index is 12.6.